The lowest BCUT2D eigenvalue weighted by Gasteiger charge is -2.45. The molecule has 5 nitrogen and oxygen atoms in total. The molecule has 0 radical (unpaired) electrons. The molecule has 0 saturated heterocycles. The first-order valence-electron chi connectivity index (χ1n) is 12.3. The fourth-order valence-electron chi connectivity index (χ4n) is 4.07. The van der Waals surface area contributed by atoms with Crippen molar-refractivity contribution in [2.45, 2.75) is 46.2 Å². The Morgan fingerprint density at radius 2 is 1.00 bits per heavy atom. The Kier molecular flexibility index (Phi) is 10.8. The van der Waals surface area contributed by atoms with Gasteiger partial charge in [0.15, 0.2) is 0 Å². The van der Waals surface area contributed by atoms with Gasteiger partial charge in [0.1, 0.15) is 22.3 Å². The molecule has 0 N–H and O–H groups in total. The van der Waals surface area contributed by atoms with Crippen molar-refractivity contribution in [1.82, 2.24) is 0 Å². The number of hydrogen-bond acceptors (Lipinski definition) is 5. The van der Waals surface area contributed by atoms with Crippen LogP contribution in [0.4, 0.5) is 0 Å². The number of allylic oxidation sites excluding steroid dienone is 2. The van der Waals surface area contributed by atoms with Gasteiger partial charge in [0.2, 0.25) is 11.6 Å². The minimum absolute atomic E-state index is 0.242. The zero-order chi connectivity index (χ0) is 27.9. The van der Waals surface area contributed by atoms with Gasteiger partial charge in [-0.1, -0.05) is 80.4 Å². The maximum atomic E-state index is 6.93. The van der Waals surface area contributed by atoms with Gasteiger partial charge in [0.05, 0.1) is 27.4 Å². The molecule has 2 aromatic rings. The highest BCUT2D eigenvalue weighted by Gasteiger charge is 2.50. The number of alkyl halides is 4. The third kappa shape index (κ3) is 7.39. The summed E-state index contributed by atoms with van der Waals surface area (Å²) in [7, 11) is 3.17. The SMILES string of the molecule is COC1=CC(Cl)C(OCc2ccc(CBr)cc2)(OC2(OCc3ccc(CBr)cc3)C=CC(OC)=CC2Cl)C=C1. The lowest BCUT2D eigenvalue weighted by atomic mass is 10.0. The van der Waals surface area contributed by atoms with Crippen LogP contribution >= 0.6 is 55.1 Å². The van der Waals surface area contributed by atoms with E-state index in [1.54, 1.807) is 50.7 Å². The van der Waals surface area contributed by atoms with Crippen molar-refractivity contribution in [2.24, 2.45) is 0 Å². The largest absolute Gasteiger partial charge is 0.497 e. The predicted molar refractivity (Wildman–Crippen MR) is 162 cm³/mol. The highest BCUT2D eigenvalue weighted by atomic mass is 79.9. The van der Waals surface area contributed by atoms with E-state index in [1.165, 1.54) is 11.1 Å². The molecule has 4 rings (SSSR count). The van der Waals surface area contributed by atoms with Crippen molar-refractivity contribution in [1.29, 1.82) is 0 Å². The second kappa shape index (κ2) is 13.9. The molecule has 0 aliphatic heterocycles. The topological polar surface area (TPSA) is 46.2 Å². The third-order valence-electron chi connectivity index (χ3n) is 6.42. The van der Waals surface area contributed by atoms with E-state index in [2.05, 4.69) is 31.9 Å². The maximum Gasteiger partial charge on any atom is 0.212 e. The highest BCUT2D eigenvalue weighted by Crippen LogP contribution is 2.41. The summed E-state index contributed by atoms with van der Waals surface area (Å²) in [5.41, 5.74) is 4.26. The molecule has 0 bridgehead atoms. The number of methoxy groups -OCH3 is 2. The van der Waals surface area contributed by atoms with Gasteiger partial charge in [-0.05, 0) is 58.7 Å². The molecule has 0 amide bonds. The van der Waals surface area contributed by atoms with E-state index in [1.807, 2.05) is 48.5 Å². The lowest BCUT2D eigenvalue weighted by molar-refractivity contribution is -0.325. The fraction of sp³-hybridized carbons (Fsp3) is 0.333. The van der Waals surface area contributed by atoms with Gasteiger partial charge < -0.3 is 23.7 Å². The molecule has 208 valence electrons. The quantitative estimate of drug-likeness (QED) is 0.166. The molecule has 4 unspecified atom stereocenters. The predicted octanol–water partition coefficient (Wildman–Crippen LogP) is 8.03. The molecular formula is C30H30Br2Cl2O5. The summed E-state index contributed by atoms with van der Waals surface area (Å²) in [6.07, 6.45) is 10.5. The van der Waals surface area contributed by atoms with Crippen LogP contribution in [0.2, 0.25) is 0 Å². The van der Waals surface area contributed by atoms with Gasteiger partial charge >= 0.3 is 0 Å². The van der Waals surface area contributed by atoms with Crippen LogP contribution in [-0.2, 0) is 47.6 Å². The van der Waals surface area contributed by atoms with Crippen LogP contribution in [0.3, 0.4) is 0 Å². The van der Waals surface area contributed by atoms with Crippen molar-refractivity contribution in [3.8, 4) is 0 Å². The lowest BCUT2D eigenvalue weighted by Crippen LogP contribution is -2.55. The van der Waals surface area contributed by atoms with Crippen molar-refractivity contribution >= 4 is 55.1 Å². The van der Waals surface area contributed by atoms with E-state index in [0.717, 1.165) is 21.8 Å². The number of ether oxygens (including phenoxy) is 5. The number of rotatable bonds is 12. The minimum Gasteiger partial charge on any atom is -0.497 e. The molecule has 0 aromatic heterocycles. The number of hydrogen-bond donors (Lipinski definition) is 0. The van der Waals surface area contributed by atoms with Crippen LogP contribution in [-0.4, -0.2) is 36.5 Å². The van der Waals surface area contributed by atoms with E-state index in [4.69, 9.17) is 46.9 Å². The van der Waals surface area contributed by atoms with E-state index in [0.29, 0.717) is 11.5 Å². The van der Waals surface area contributed by atoms with Crippen LogP contribution in [0.5, 0.6) is 0 Å². The van der Waals surface area contributed by atoms with Gasteiger partial charge in [-0.3, -0.25) is 0 Å². The zero-order valence-electron chi connectivity index (χ0n) is 21.6. The monoisotopic (exact) mass is 698 g/mol. The van der Waals surface area contributed by atoms with Gasteiger partial charge in [0.25, 0.3) is 0 Å². The average Bonchev–Trinajstić information content (AvgIpc) is 2.98. The summed E-state index contributed by atoms with van der Waals surface area (Å²) in [6, 6.07) is 16.2. The molecule has 2 aliphatic carbocycles. The van der Waals surface area contributed by atoms with E-state index in [9.17, 15) is 0 Å². The first-order chi connectivity index (χ1) is 18.8. The standard InChI is InChI=1S/C30H30Br2Cl2O5/c1-35-25-11-13-29(27(33)15-25,37-19-23-7-3-21(17-31)4-8-23)39-30(14-12-26(36-2)16-28(30)34)38-20-24-9-5-22(18-32)6-10-24/h3-16,27-28H,17-20H2,1-2H3. The first-order valence-corrected chi connectivity index (χ1v) is 15.4. The molecule has 0 heterocycles. The molecule has 2 aromatic carbocycles. The fourth-order valence-corrected chi connectivity index (χ4v) is 5.43. The summed E-state index contributed by atoms with van der Waals surface area (Å²) < 4.78 is 30.5. The van der Waals surface area contributed by atoms with E-state index >= 15 is 0 Å². The number of benzene rings is 2. The van der Waals surface area contributed by atoms with Crippen LogP contribution in [0, 0.1) is 0 Å². The summed E-state index contributed by atoms with van der Waals surface area (Å²) in [4.78, 5) is 0. The van der Waals surface area contributed by atoms with Crippen LogP contribution < -0.4 is 0 Å². The average molecular weight is 701 g/mol. The normalized spacial score (nSPS) is 26.2. The summed E-state index contributed by atoms with van der Waals surface area (Å²) in [5.74, 6) is -1.64. The molecule has 0 saturated carbocycles. The summed E-state index contributed by atoms with van der Waals surface area (Å²) in [6.45, 7) is 0.485. The Hall–Kier alpha value is -1.58. The second-order valence-corrected chi connectivity index (χ2v) is 11.1. The second-order valence-electron chi connectivity index (χ2n) is 9.04. The summed E-state index contributed by atoms with van der Waals surface area (Å²) in [5, 5.41) is 0.0560. The first kappa shape index (κ1) is 30.4. The molecule has 2 aliphatic rings. The molecule has 39 heavy (non-hydrogen) atoms. The smallest absolute Gasteiger partial charge is 0.212 e. The Labute approximate surface area is 256 Å². The molecule has 9 heteroatoms. The zero-order valence-corrected chi connectivity index (χ0v) is 26.3. The van der Waals surface area contributed by atoms with Crippen LogP contribution in [0.25, 0.3) is 0 Å². The molecule has 0 spiro atoms. The van der Waals surface area contributed by atoms with Crippen molar-refractivity contribution < 1.29 is 23.7 Å². The Balaban J connectivity index is 1.65. The maximum absolute atomic E-state index is 6.93. The molecule has 4 atom stereocenters. The van der Waals surface area contributed by atoms with Gasteiger partial charge in [-0.15, -0.1) is 23.2 Å². The van der Waals surface area contributed by atoms with Gasteiger partial charge in [-0.25, -0.2) is 0 Å². The van der Waals surface area contributed by atoms with Crippen LogP contribution in [0.1, 0.15) is 22.3 Å². The number of halogens is 4. The van der Waals surface area contributed by atoms with E-state index < -0.39 is 22.3 Å². The van der Waals surface area contributed by atoms with Gasteiger partial charge in [-0.2, -0.15) is 0 Å². The van der Waals surface area contributed by atoms with Crippen molar-refractivity contribution in [3.05, 3.63) is 119 Å². The Morgan fingerprint density at radius 3 is 1.31 bits per heavy atom. The van der Waals surface area contributed by atoms with Crippen molar-refractivity contribution in [2.75, 3.05) is 14.2 Å². The molecule has 0 fully saturated rings. The van der Waals surface area contributed by atoms with Crippen molar-refractivity contribution in [3.63, 3.8) is 0 Å². The van der Waals surface area contributed by atoms with Crippen LogP contribution in [0.15, 0.2) is 96.5 Å². The Morgan fingerprint density at radius 1 is 0.641 bits per heavy atom. The minimum atomic E-state index is -1.42. The Bertz CT molecular complexity index is 1130. The highest BCUT2D eigenvalue weighted by molar-refractivity contribution is 9.08. The third-order valence-corrected chi connectivity index (χ3v) is 8.58. The summed E-state index contributed by atoms with van der Waals surface area (Å²) >= 11 is 20.8. The van der Waals surface area contributed by atoms with E-state index in [-0.39, 0.29) is 13.2 Å². The van der Waals surface area contributed by atoms with Gasteiger partial charge in [0, 0.05) is 10.7 Å². The molecular weight excluding hydrogens is 671 g/mol.